The van der Waals surface area contributed by atoms with Crippen molar-refractivity contribution in [3.8, 4) is 11.6 Å². The number of nitrogens with two attached hydrogens (primary N) is 1. The number of rotatable bonds is 4. The van der Waals surface area contributed by atoms with Gasteiger partial charge in [-0.05, 0) is 26.4 Å². The van der Waals surface area contributed by atoms with E-state index in [0.29, 0.717) is 12.6 Å². The highest BCUT2D eigenvalue weighted by atomic mass is 35.5. The molecule has 3 rings (SSSR count). The number of nitrogen functional groups attached to an aromatic ring is 1. The molecule has 9 heteroatoms. The molecule has 1 atom stereocenters. The molecule has 0 aromatic carbocycles. The summed E-state index contributed by atoms with van der Waals surface area (Å²) in [4.78, 5) is 26.6. The summed E-state index contributed by atoms with van der Waals surface area (Å²) in [5, 5.41) is 2.85. The van der Waals surface area contributed by atoms with Crippen LogP contribution in [0.25, 0.3) is 11.6 Å². The number of likely N-dealkylation sites (N-methyl/N-ethyl adjacent to an activating group) is 1. The monoisotopic (exact) mass is 336 g/mol. The molecular formula is C14H17ClN6O2. The Hall–Kier alpha value is -2.19. The van der Waals surface area contributed by atoms with Crippen molar-refractivity contribution < 1.29 is 9.21 Å². The molecule has 3 N–H and O–H groups in total. The van der Waals surface area contributed by atoms with E-state index in [0.717, 1.165) is 19.4 Å². The molecule has 1 amide bonds. The predicted molar refractivity (Wildman–Crippen MR) is 84.9 cm³/mol. The number of aromatic nitrogens is 3. The lowest BCUT2D eigenvalue weighted by atomic mass is 10.2. The fourth-order valence-electron chi connectivity index (χ4n) is 2.60. The number of halogens is 1. The van der Waals surface area contributed by atoms with Gasteiger partial charge < -0.3 is 20.4 Å². The molecule has 0 radical (unpaired) electrons. The number of amides is 1. The van der Waals surface area contributed by atoms with Crippen LogP contribution in [-0.2, 0) is 0 Å². The van der Waals surface area contributed by atoms with Gasteiger partial charge in [0.1, 0.15) is 6.26 Å². The molecule has 2 aromatic rings. The molecule has 1 saturated heterocycles. The largest absolute Gasteiger partial charge is 0.443 e. The fourth-order valence-corrected chi connectivity index (χ4v) is 2.81. The molecular weight excluding hydrogens is 320 g/mol. The number of nitrogens with one attached hydrogen (secondary N) is 1. The lowest BCUT2D eigenvalue weighted by molar-refractivity contribution is 0.0939. The van der Waals surface area contributed by atoms with Gasteiger partial charge in [-0.15, -0.1) is 0 Å². The van der Waals surface area contributed by atoms with Crippen molar-refractivity contribution in [2.75, 3.05) is 25.9 Å². The van der Waals surface area contributed by atoms with Crippen LogP contribution in [0.2, 0.25) is 5.15 Å². The average Bonchev–Trinajstić information content (AvgIpc) is 3.18. The van der Waals surface area contributed by atoms with Gasteiger partial charge in [-0.2, -0.15) is 0 Å². The molecule has 2 aromatic heterocycles. The molecule has 8 nitrogen and oxygen atoms in total. The Labute approximate surface area is 138 Å². The van der Waals surface area contributed by atoms with Gasteiger partial charge in [-0.1, -0.05) is 11.6 Å². The third-order valence-electron chi connectivity index (χ3n) is 3.90. The van der Waals surface area contributed by atoms with Crippen molar-refractivity contribution in [3.05, 3.63) is 23.3 Å². The zero-order valence-electron chi connectivity index (χ0n) is 12.6. The summed E-state index contributed by atoms with van der Waals surface area (Å²) in [7, 11) is 2.04. The minimum atomic E-state index is -0.392. The summed E-state index contributed by atoms with van der Waals surface area (Å²) >= 11 is 6.07. The number of oxazole rings is 1. The Morgan fingerprint density at radius 3 is 3.04 bits per heavy atom. The maximum absolute atomic E-state index is 12.3. The summed E-state index contributed by atoms with van der Waals surface area (Å²) in [5.41, 5.74) is 6.05. The predicted octanol–water partition coefficient (Wildman–Crippen LogP) is 1.19. The van der Waals surface area contributed by atoms with Gasteiger partial charge >= 0.3 is 0 Å². The quantitative estimate of drug-likeness (QED) is 0.862. The van der Waals surface area contributed by atoms with E-state index in [-0.39, 0.29) is 28.2 Å². The summed E-state index contributed by atoms with van der Waals surface area (Å²) < 4.78 is 5.12. The van der Waals surface area contributed by atoms with Crippen LogP contribution < -0.4 is 11.1 Å². The maximum atomic E-state index is 12.3. The lowest BCUT2D eigenvalue weighted by Crippen LogP contribution is -2.38. The third kappa shape index (κ3) is 3.27. The molecule has 1 aliphatic heterocycles. The van der Waals surface area contributed by atoms with Crippen molar-refractivity contribution in [2.45, 2.75) is 18.9 Å². The maximum Gasteiger partial charge on any atom is 0.273 e. The van der Waals surface area contributed by atoms with E-state index in [9.17, 15) is 4.79 Å². The van der Waals surface area contributed by atoms with Crippen LogP contribution in [-0.4, -0.2) is 51.9 Å². The number of carbonyl (C=O) groups excluding carboxylic acids is 1. The summed E-state index contributed by atoms with van der Waals surface area (Å²) in [6.07, 6.45) is 5.04. The van der Waals surface area contributed by atoms with Crippen LogP contribution in [0, 0.1) is 0 Å². The minimum absolute atomic E-state index is 0.00551. The molecule has 0 bridgehead atoms. The first-order chi connectivity index (χ1) is 11.1. The van der Waals surface area contributed by atoms with Crippen LogP contribution in [0.5, 0.6) is 0 Å². The molecule has 0 aliphatic carbocycles. The number of hydrogen-bond acceptors (Lipinski definition) is 7. The van der Waals surface area contributed by atoms with Crippen LogP contribution in [0.1, 0.15) is 23.3 Å². The number of anilines is 1. The molecule has 0 saturated carbocycles. The van der Waals surface area contributed by atoms with Gasteiger partial charge in [0.05, 0.1) is 6.20 Å². The molecule has 23 heavy (non-hydrogen) atoms. The number of hydrogen-bond donors (Lipinski definition) is 2. The Morgan fingerprint density at radius 1 is 1.57 bits per heavy atom. The third-order valence-corrected chi connectivity index (χ3v) is 4.16. The zero-order chi connectivity index (χ0) is 16.4. The van der Waals surface area contributed by atoms with Gasteiger partial charge in [0.25, 0.3) is 5.91 Å². The molecule has 1 fully saturated rings. The highest BCUT2D eigenvalue weighted by Crippen LogP contribution is 2.25. The highest BCUT2D eigenvalue weighted by Gasteiger charge is 2.23. The number of likely N-dealkylation sites (tertiary alicyclic amines) is 1. The van der Waals surface area contributed by atoms with E-state index in [4.69, 9.17) is 21.8 Å². The van der Waals surface area contributed by atoms with Crippen molar-refractivity contribution in [3.63, 3.8) is 0 Å². The normalized spacial score (nSPS) is 18.3. The Balaban J connectivity index is 1.74. The van der Waals surface area contributed by atoms with Gasteiger partial charge in [-0.3, -0.25) is 4.79 Å². The summed E-state index contributed by atoms with van der Waals surface area (Å²) in [6, 6.07) is 0.329. The van der Waals surface area contributed by atoms with E-state index in [2.05, 4.69) is 25.2 Å². The molecule has 122 valence electrons. The smallest absolute Gasteiger partial charge is 0.273 e. The zero-order valence-corrected chi connectivity index (χ0v) is 13.4. The molecule has 1 aliphatic rings. The second kappa shape index (κ2) is 6.51. The minimum Gasteiger partial charge on any atom is -0.443 e. The van der Waals surface area contributed by atoms with Crippen molar-refractivity contribution in [2.24, 2.45) is 0 Å². The standard InChI is InChI=1S/C14H17ClN6O2/c1-21-5-2-3-8(21)7-18-13(22)10-12(16)20-9(11(15)19-10)14-17-4-6-23-14/h4,6,8H,2-3,5,7H2,1H3,(H2,16,20)(H,18,22). The van der Waals surface area contributed by atoms with E-state index in [1.165, 1.54) is 12.5 Å². The Morgan fingerprint density at radius 2 is 2.39 bits per heavy atom. The second-order valence-electron chi connectivity index (χ2n) is 5.42. The van der Waals surface area contributed by atoms with E-state index in [1.54, 1.807) is 0 Å². The van der Waals surface area contributed by atoms with Gasteiger partial charge in [0.2, 0.25) is 5.89 Å². The first-order valence-corrected chi connectivity index (χ1v) is 7.65. The van der Waals surface area contributed by atoms with E-state index < -0.39 is 5.91 Å². The fraction of sp³-hybridized carbons (Fsp3) is 0.429. The lowest BCUT2D eigenvalue weighted by Gasteiger charge is -2.19. The second-order valence-corrected chi connectivity index (χ2v) is 5.78. The molecule has 3 heterocycles. The van der Waals surface area contributed by atoms with Crippen molar-refractivity contribution in [1.82, 2.24) is 25.2 Å². The summed E-state index contributed by atoms with van der Waals surface area (Å²) in [5.74, 6) is -0.204. The first kappa shape index (κ1) is 15.7. The van der Waals surface area contributed by atoms with Gasteiger partial charge in [-0.25, -0.2) is 15.0 Å². The van der Waals surface area contributed by atoms with Gasteiger partial charge in [0.15, 0.2) is 22.4 Å². The highest BCUT2D eigenvalue weighted by molar-refractivity contribution is 6.31. The van der Waals surface area contributed by atoms with Crippen molar-refractivity contribution in [1.29, 1.82) is 0 Å². The van der Waals surface area contributed by atoms with E-state index in [1.807, 2.05) is 7.05 Å². The van der Waals surface area contributed by atoms with Crippen molar-refractivity contribution >= 4 is 23.3 Å². The summed E-state index contributed by atoms with van der Waals surface area (Å²) in [6.45, 7) is 1.58. The molecule has 0 spiro atoms. The van der Waals surface area contributed by atoms with Gasteiger partial charge in [0, 0.05) is 12.6 Å². The van der Waals surface area contributed by atoms with Crippen LogP contribution in [0.15, 0.2) is 16.9 Å². The number of nitrogens with zero attached hydrogens (tertiary/aromatic N) is 4. The average molecular weight is 337 g/mol. The Kier molecular flexibility index (Phi) is 4.44. The van der Waals surface area contributed by atoms with Crippen LogP contribution in [0.3, 0.4) is 0 Å². The Bertz CT molecular complexity index is 706. The molecule has 1 unspecified atom stereocenters. The first-order valence-electron chi connectivity index (χ1n) is 7.27. The van der Waals surface area contributed by atoms with Crippen LogP contribution >= 0.6 is 11.6 Å². The number of carbonyl (C=O) groups is 1. The topological polar surface area (TPSA) is 110 Å². The van der Waals surface area contributed by atoms with E-state index >= 15 is 0 Å². The van der Waals surface area contributed by atoms with Crippen LogP contribution in [0.4, 0.5) is 5.82 Å². The SMILES string of the molecule is CN1CCCC1CNC(=O)c1nc(Cl)c(-c2ncco2)nc1N.